The highest BCUT2D eigenvalue weighted by atomic mass is 35.5. The fraction of sp³-hybridized carbons (Fsp3) is 0.556. The van der Waals surface area contributed by atoms with Crippen LogP contribution >= 0.6 is 22.9 Å². The molecular weight excluding hydrogens is 286 g/mol. The number of aliphatic hydroxyl groups is 1. The average Bonchev–Trinajstić information content (AvgIpc) is 2.86. The Kier molecular flexibility index (Phi) is 3.77. The molecule has 0 saturated carbocycles. The maximum absolute atomic E-state index is 11.8. The van der Waals surface area contributed by atoms with E-state index in [-0.39, 0.29) is 17.4 Å². The fourth-order valence-corrected chi connectivity index (χ4v) is 4.13. The molecule has 1 aliphatic heterocycles. The summed E-state index contributed by atoms with van der Waals surface area (Å²) < 4.78 is 31.6. The van der Waals surface area contributed by atoms with E-state index in [4.69, 9.17) is 16.3 Å². The van der Waals surface area contributed by atoms with Crippen LogP contribution in [0, 0.1) is 0 Å². The number of hydrogen-bond acceptors (Lipinski definition) is 5. The minimum atomic E-state index is -3.60. The van der Waals surface area contributed by atoms with Gasteiger partial charge in [0.1, 0.15) is 9.81 Å². The van der Waals surface area contributed by atoms with Crippen LogP contribution < -0.4 is 4.72 Å². The van der Waals surface area contributed by atoms with Crippen molar-refractivity contribution in [1.82, 2.24) is 4.72 Å². The predicted molar refractivity (Wildman–Crippen MR) is 64.9 cm³/mol. The van der Waals surface area contributed by atoms with Gasteiger partial charge in [-0.1, -0.05) is 11.6 Å². The van der Waals surface area contributed by atoms with Crippen molar-refractivity contribution in [2.75, 3.05) is 19.8 Å². The van der Waals surface area contributed by atoms with Gasteiger partial charge in [-0.2, -0.15) is 0 Å². The van der Waals surface area contributed by atoms with Crippen molar-refractivity contribution in [3.63, 3.8) is 0 Å². The Hall–Kier alpha value is -0.180. The zero-order valence-electron chi connectivity index (χ0n) is 8.85. The first-order valence-corrected chi connectivity index (χ1v) is 7.64. The lowest BCUT2D eigenvalue weighted by molar-refractivity contribution is 0.0315. The summed E-state index contributed by atoms with van der Waals surface area (Å²) in [5.74, 6) is 0. The molecule has 1 atom stereocenters. The van der Waals surface area contributed by atoms with Gasteiger partial charge in [0.25, 0.3) is 0 Å². The summed E-state index contributed by atoms with van der Waals surface area (Å²) in [6.45, 7) is 0.550. The lowest BCUT2D eigenvalue weighted by Crippen LogP contribution is -2.43. The number of thiophene rings is 1. The van der Waals surface area contributed by atoms with Crippen molar-refractivity contribution < 1.29 is 18.3 Å². The lowest BCUT2D eigenvalue weighted by atomic mass is 10.1. The van der Waals surface area contributed by atoms with Crippen LogP contribution in [-0.2, 0) is 14.8 Å². The molecule has 1 fully saturated rings. The van der Waals surface area contributed by atoms with Gasteiger partial charge in [0.2, 0.25) is 10.0 Å². The van der Waals surface area contributed by atoms with E-state index in [0.717, 1.165) is 11.3 Å². The van der Waals surface area contributed by atoms with Crippen LogP contribution in [-0.4, -0.2) is 38.9 Å². The molecule has 1 aliphatic rings. The van der Waals surface area contributed by atoms with Gasteiger partial charge in [-0.25, -0.2) is 13.1 Å². The van der Waals surface area contributed by atoms with E-state index in [0.29, 0.717) is 17.4 Å². The number of sulfonamides is 1. The second-order valence-corrected chi connectivity index (χ2v) is 7.62. The molecule has 17 heavy (non-hydrogen) atoms. The monoisotopic (exact) mass is 297 g/mol. The maximum atomic E-state index is 11.8. The van der Waals surface area contributed by atoms with Gasteiger partial charge in [0, 0.05) is 19.6 Å². The van der Waals surface area contributed by atoms with Gasteiger partial charge in [-0.15, -0.1) is 11.3 Å². The van der Waals surface area contributed by atoms with E-state index in [9.17, 15) is 13.5 Å². The zero-order valence-corrected chi connectivity index (χ0v) is 11.2. The molecule has 8 heteroatoms. The molecule has 96 valence electrons. The molecular formula is C9H12ClNO4S2. The van der Waals surface area contributed by atoms with Crippen molar-refractivity contribution in [3.8, 4) is 0 Å². The minimum Gasteiger partial charge on any atom is -0.386 e. The zero-order chi connectivity index (χ0) is 12.5. The third-order valence-electron chi connectivity index (χ3n) is 2.49. The summed E-state index contributed by atoms with van der Waals surface area (Å²) in [5, 5.41) is 9.93. The van der Waals surface area contributed by atoms with Crippen LogP contribution in [0.15, 0.2) is 16.3 Å². The van der Waals surface area contributed by atoms with Crippen LogP contribution in [0.25, 0.3) is 0 Å². The molecule has 0 spiro atoms. The molecule has 0 bridgehead atoms. The van der Waals surface area contributed by atoms with Crippen molar-refractivity contribution in [1.29, 1.82) is 0 Å². The van der Waals surface area contributed by atoms with Crippen LogP contribution in [0.4, 0.5) is 0 Å². The standard InChI is InChI=1S/C9H12ClNO4S2/c10-7-1-2-8(16-7)17(13,14)11-5-9(12)3-4-15-6-9/h1-2,11-12H,3-6H2. The summed E-state index contributed by atoms with van der Waals surface area (Å²) in [5.41, 5.74) is -1.10. The van der Waals surface area contributed by atoms with Gasteiger partial charge < -0.3 is 9.84 Å². The van der Waals surface area contributed by atoms with E-state index in [1.54, 1.807) is 0 Å². The smallest absolute Gasteiger partial charge is 0.250 e. The highest BCUT2D eigenvalue weighted by molar-refractivity contribution is 7.91. The molecule has 1 aromatic heterocycles. The van der Waals surface area contributed by atoms with Crippen molar-refractivity contribution in [2.45, 2.75) is 16.2 Å². The molecule has 1 aromatic rings. The molecule has 2 N–H and O–H groups in total. The topological polar surface area (TPSA) is 75.6 Å². The van der Waals surface area contributed by atoms with Crippen LogP contribution in [0.5, 0.6) is 0 Å². The van der Waals surface area contributed by atoms with Crippen molar-refractivity contribution in [2.24, 2.45) is 0 Å². The summed E-state index contributed by atoms with van der Waals surface area (Å²) in [6.07, 6.45) is 0.431. The third kappa shape index (κ3) is 3.18. The molecule has 0 aromatic carbocycles. The second kappa shape index (κ2) is 4.83. The van der Waals surface area contributed by atoms with Gasteiger partial charge in [0.05, 0.1) is 10.9 Å². The molecule has 1 unspecified atom stereocenters. The van der Waals surface area contributed by atoms with Crippen LogP contribution in [0.1, 0.15) is 6.42 Å². The van der Waals surface area contributed by atoms with Gasteiger partial charge in [0.15, 0.2) is 0 Å². The van der Waals surface area contributed by atoms with Gasteiger partial charge >= 0.3 is 0 Å². The molecule has 0 radical (unpaired) electrons. The van der Waals surface area contributed by atoms with Crippen LogP contribution in [0.2, 0.25) is 4.34 Å². The minimum absolute atomic E-state index is 0.0507. The van der Waals surface area contributed by atoms with E-state index in [1.807, 2.05) is 0 Å². The Morgan fingerprint density at radius 1 is 1.59 bits per heavy atom. The third-order valence-corrected chi connectivity index (χ3v) is 5.61. The highest BCUT2D eigenvalue weighted by Gasteiger charge is 2.33. The van der Waals surface area contributed by atoms with Crippen molar-refractivity contribution in [3.05, 3.63) is 16.5 Å². The first kappa shape index (κ1) is 13.3. The fourth-order valence-electron chi connectivity index (χ4n) is 1.48. The number of ether oxygens (including phenoxy) is 1. The number of rotatable bonds is 4. The lowest BCUT2D eigenvalue weighted by Gasteiger charge is -2.20. The largest absolute Gasteiger partial charge is 0.386 e. The van der Waals surface area contributed by atoms with E-state index in [1.165, 1.54) is 12.1 Å². The Bertz CT molecular complexity index is 493. The molecule has 2 heterocycles. The Labute approximate surface area is 108 Å². The SMILES string of the molecule is O=S(=O)(NCC1(O)CCOC1)c1ccc(Cl)s1. The van der Waals surface area contributed by atoms with Gasteiger partial charge in [-0.05, 0) is 12.1 Å². The van der Waals surface area contributed by atoms with E-state index < -0.39 is 15.6 Å². The summed E-state index contributed by atoms with van der Waals surface area (Å²) in [4.78, 5) is 0. The summed E-state index contributed by atoms with van der Waals surface area (Å²) >= 11 is 6.66. The highest BCUT2D eigenvalue weighted by Crippen LogP contribution is 2.26. The van der Waals surface area contributed by atoms with Crippen LogP contribution in [0.3, 0.4) is 0 Å². The second-order valence-electron chi connectivity index (χ2n) is 3.91. The summed E-state index contributed by atoms with van der Waals surface area (Å²) in [6, 6.07) is 2.96. The molecule has 5 nitrogen and oxygen atoms in total. The predicted octanol–water partition coefficient (Wildman–Crippen LogP) is 0.831. The van der Waals surface area contributed by atoms with E-state index >= 15 is 0 Å². The molecule has 1 saturated heterocycles. The van der Waals surface area contributed by atoms with E-state index in [2.05, 4.69) is 4.72 Å². The molecule has 0 aliphatic carbocycles. The Balaban J connectivity index is 2.03. The number of halogens is 1. The quantitative estimate of drug-likeness (QED) is 0.863. The molecule has 0 amide bonds. The van der Waals surface area contributed by atoms with Gasteiger partial charge in [-0.3, -0.25) is 0 Å². The molecule has 2 rings (SSSR count). The number of hydrogen-bond donors (Lipinski definition) is 2. The average molecular weight is 298 g/mol. The normalized spacial score (nSPS) is 25.3. The Morgan fingerprint density at radius 2 is 2.35 bits per heavy atom. The number of nitrogens with one attached hydrogen (secondary N) is 1. The Morgan fingerprint density at radius 3 is 2.88 bits per heavy atom. The van der Waals surface area contributed by atoms with Crippen molar-refractivity contribution >= 4 is 33.0 Å². The summed E-state index contributed by atoms with van der Waals surface area (Å²) in [7, 11) is -3.60. The maximum Gasteiger partial charge on any atom is 0.250 e. The first-order valence-electron chi connectivity index (χ1n) is 4.96. The first-order chi connectivity index (χ1) is 7.91.